The second-order valence-electron chi connectivity index (χ2n) is 7.48. The number of nitro groups is 1. The summed E-state index contributed by atoms with van der Waals surface area (Å²) in [6, 6.07) is 17.4. The minimum absolute atomic E-state index is 0.149. The number of ether oxygens (including phenoxy) is 1. The zero-order valence-electron chi connectivity index (χ0n) is 18.1. The van der Waals surface area contributed by atoms with Crippen LogP contribution in [-0.2, 0) is 9.59 Å². The van der Waals surface area contributed by atoms with E-state index >= 15 is 0 Å². The van der Waals surface area contributed by atoms with E-state index in [9.17, 15) is 24.5 Å². The van der Waals surface area contributed by atoms with E-state index < -0.39 is 28.7 Å². The minimum Gasteiger partial charge on any atom is -0.497 e. The lowest BCUT2D eigenvalue weighted by molar-refractivity contribution is -0.384. The Labute approximate surface area is 194 Å². The van der Waals surface area contributed by atoms with Gasteiger partial charge in [0, 0.05) is 23.4 Å². The maximum absolute atomic E-state index is 13.4. The van der Waals surface area contributed by atoms with Crippen molar-refractivity contribution in [1.29, 1.82) is 0 Å². The molecule has 3 aromatic rings. The molecule has 1 aliphatic heterocycles. The summed E-state index contributed by atoms with van der Waals surface area (Å²) >= 11 is 0. The van der Waals surface area contributed by atoms with Crippen molar-refractivity contribution in [2.24, 2.45) is 0 Å². The van der Waals surface area contributed by atoms with Gasteiger partial charge in [0.2, 0.25) is 11.8 Å². The van der Waals surface area contributed by atoms with Crippen LogP contribution in [0.25, 0.3) is 0 Å². The number of nitro benzene ring substituents is 1. The summed E-state index contributed by atoms with van der Waals surface area (Å²) in [5.41, 5.74) is 1.34. The normalized spacial score (nSPS) is 14.6. The number of non-ortho nitro benzene ring substituents is 1. The van der Waals surface area contributed by atoms with Crippen LogP contribution >= 0.6 is 0 Å². The summed E-state index contributed by atoms with van der Waals surface area (Å²) in [5.74, 6) is -0.911. The number of amides is 3. The van der Waals surface area contributed by atoms with E-state index in [1.54, 1.807) is 48.5 Å². The molecule has 34 heavy (non-hydrogen) atoms. The minimum atomic E-state index is -1.13. The molecule has 0 aliphatic carbocycles. The van der Waals surface area contributed by atoms with Gasteiger partial charge < -0.3 is 15.4 Å². The van der Waals surface area contributed by atoms with Crippen LogP contribution in [0.15, 0.2) is 72.8 Å². The van der Waals surface area contributed by atoms with Crippen LogP contribution in [-0.4, -0.2) is 35.8 Å². The fraction of sp³-hybridized carbons (Fsp3) is 0.125. The molecule has 1 aliphatic rings. The van der Waals surface area contributed by atoms with Gasteiger partial charge in [-0.3, -0.25) is 29.4 Å². The van der Waals surface area contributed by atoms with Gasteiger partial charge in [-0.1, -0.05) is 12.1 Å². The maximum atomic E-state index is 13.4. The van der Waals surface area contributed by atoms with E-state index in [1.165, 1.54) is 36.3 Å². The third-order valence-electron chi connectivity index (χ3n) is 5.33. The van der Waals surface area contributed by atoms with Gasteiger partial charge in [-0.15, -0.1) is 0 Å². The third kappa shape index (κ3) is 4.56. The number of carbonyl (C=O) groups excluding carboxylic acids is 3. The Morgan fingerprint density at radius 2 is 1.74 bits per heavy atom. The monoisotopic (exact) mass is 460 g/mol. The molecule has 0 saturated carbocycles. The fourth-order valence-electron chi connectivity index (χ4n) is 3.65. The SMILES string of the molecule is COc1ccc(NC(=O)CC2C(=O)Nc3ccccc3N2C(=O)c2ccc([N+](=O)[O-])cc2)cc1. The van der Waals surface area contributed by atoms with Crippen LogP contribution in [0.4, 0.5) is 22.7 Å². The number of nitrogens with one attached hydrogen (secondary N) is 2. The van der Waals surface area contributed by atoms with Crippen molar-refractivity contribution in [3.63, 3.8) is 0 Å². The Hall–Kier alpha value is -4.73. The molecule has 0 spiro atoms. The number of carbonyl (C=O) groups is 3. The molecule has 1 atom stereocenters. The first-order valence-electron chi connectivity index (χ1n) is 10.3. The molecule has 1 heterocycles. The van der Waals surface area contributed by atoms with E-state index in [0.29, 0.717) is 22.8 Å². The molecule has 1 unspecified atom stereocenters. The average Bonchev–Trinajstić information content (AvgIpc) is 2.84. The smallest absolute Gasteiger partial charge is 0.269 e. The topological polar surface area (TPSA) is 131 Å². The number of nitrogens with zero attached hydrogens (tertiary/aromatic N) is 2. The number of hydrogen-bond acceptors (Lipinski definition) is 6. The van der Waals surface area contributed by atoms with Gasteiger partial charge >= 0.3 is 0 Å². The Balaban J connectivity index is 1.62. The van der Waals surface area contributed by atoms with Crippen molar-refractivity contribution < 1.29 is 24.0 Å². The summed E-state index contributed by atoms with van der Waals surface area (Å²) in [6.07, 6.45) is -0.301. The standard InChI is InChI=1S/C24H20N4O6/c1-34-18-12-8-16(9-13-18)25-22(29)14-21-23(30)26-19-4-2-3-5-20(19)27(21)24(31)15-6-10-17(11-7-15)28(32)33/h2-13,21H,14H2,1H3,(H,25,29)(H,26,30). The van der Waals surface area contributed by atoms with Gasteiger partial charge in [-0.25, -0.2) is 0 Å². The fourth-order valence-corrected chi connectivity index (χ4v) is 3.65. The van der Waals surface area contributed by atoms with Gasteiger partial charge in [0.05, 0.1) is 29.8 Å². The molecular formula is C24H20N4O6. The second kappa shape index (κ2) is 9.41. The first-order chi connectivity index (χ1) is 16.4. The molecule has 0 bridgehead atoms. The van der Waals surface area contributed by atoms with Gasteiger partial charge in [-0.05, 0) is 48.5 Å². The summed E-state index contributed by atoms with van der Waals surface area (Å²) in [7, 11) is 1.53. The van der Waals surface area contributed by atoms with E-state index in [-0.39, 0.29) is 17.7 Å². The molecule has 0 aromatic heterocycles. The maximum Gasteiger partial charge on any atom is 0.269 e. The van der Waals surface area contributed by atoms with E-state index in [4.69, 9.17) is 4.74 Å². The van der Waals surface area contributed by atoms with E-state index in [0.717, 1.165) is 0 Å². The van der Waals surface area contributed by atoms with Crippen LogP contribution in [0.2, 0.25) is 0 Å². The van der Waals surface area contributed by atoms with Crippen LogP contribution in [0.5, 0.6) is 5.75 Å². The van der Waals surface area contributed by atoms with Gasteiger partial charge in [-0.2, -0.15) is 0 Å². The number of para-hydroxylation sites is 2. The molecular weight excluding hydrogens is 440 g/mol. The van der Waals surface area contributed by atoms with E-state index in [2.05, 4.69) is 10.6 Å². The summed E-state index contributed by atoms with van der Waals surface area (Å²) in [6.45, 7) is 0. The highest BCUT2D eigenvalue weighted by molar-refractivity contribution is 6.17. The summed E-state index contributed by atoms with van der Waals surface area (Å²) in [5, 5.41) is 16.4. The molecule has 10 heteroatoms. The Kier molecular flexibility index (Phi) is 6.22. The Bertz CT molecular complexity index is 1260. The molecule has 4 rings (SSSR count). The highest BCUT2D eigenvalue weighted by Gasteiger charge is 2.38. The van der Waals surface area contributed by atoms with Crippen molar-refractivity contribution in [3.8, 4) is 5.75 Å². The highest BCUT2D eigenvalue weighted by Crippen LogP contribution is 2.34. The molecule has 172 valence electrons. The molecule has 0 saturated heterocycles. The number of methoxy groups -OCH3 is 1. The lowest BCUT2D eigenvalue weighted by atomic mass is 10.0. The number of anilines is 3. The zero-order valence-corrected chi connectivity index (χ0v) is 18.1. The first-order valence-corrected chi connectivity index (χ1v) is 10.3. The predicted molar refractivity (Wildman–Crippen MR) is 125 cm³/mol. The largest absolute Gasteiger partial charge is 0.497 e. The van der Waals surface area contributed by atoms with Crippen LogP contribution in [0, 0.1) is 10.1 Å². The van der Waals surface area contributed by atoms with Crippen molar-refractivity contribution >= 4 is 40.5 Å². The Morgan fingerprint density at radius 1 is 1.06 bits per heavy atom. The lowest BCUT2D eigenvalue weighted by Crippen LogP contribution is -2.52. The lowest BCUT2D eigenvalue weighted by Gasteiger charge is -2.36. The van der Waals surface area contributed by atoms with Crippen LogP contribution in [0.1, 0.15) is 16.8 Å². The quantitative estimate of drug-likeness (QED) is 0.427. The molecule has 3 amide bonds. The first kappa shape index (κ1) is 22.5. The van der Waals surface area contributed by atoms with Crippen molar-refractivity contribution in [2.45, 2.75) is 12.5 Å². The summed E-state index contributed by atoms with van der Waals surface area (Å²) < 4.78 is 5.10. The second-order valence-corrected chi connectivity index (χ2v) is 7.48. The molecule has 10 nitrogen and oxygen atoms in total. The highest BCUT2D eigenvalue weighted by atomic mass is 16.6. The zero-order chi connectivity index (χ0) is 24.2. The van der Waals surface area contributed by atoms with Crippen molar-refractivity contribution in [1.82, 2.24) is 0 Å². The van der Waals surface area contributed by atoms with Crippen LogP contribution in [0.3, 0.4) is 0 Å². The number of benzene rings is 3. The Morgan fingerprint density at radius 3 is 2.38 bits per heavy atom. The number of rotatable bonds is 6. The molecule has 0 fully saturated rings. The predicted octanol–water partition coefficient (Wildman–Crippen LogP) is 3.60. The van der Waals surface area contributed by atoms with Gasteiger partial charge in [0.25, 0.3) is 11.6 Å². The van der Waals surface area contributed by atoms with Crippen LogP contribution < -0.4 is 20.3 Å². The number of hydrogen-bond donors (Lipinski definition) is 2. The van der Waals surface area contributed by atoms with Gasteiger partial charge in [0.1, 0.15) is 11.8 Å². The average molecular weight is 460 g/mol. The molecule has 0 radical (unpaired) electrons. The number of fused-ring (bicyclic) bond motifs is 1. The van der Waals surface area contributed by atoms with Crippen molar-refractivity contribution in [3.05, 3.63) is 88.5 Å². The van der Waals surface area contributed by atoms with Gasteiger partial charge in [0.15, 0.2) is 0 Å². The third-order valence-corrected chi connectivity index (χ3v) is 5.33. The summed E-state index contributed by atoms with van der Waals surface area (Å²) in [4.78, 5) is 50.8. The molecule has 2 N–H and O–H groups in total. The van der Waals surface area contributed by atoms with Crippen molar-refractivity contribution in [2.75, 3.05) is 22.6 Å². The van der Waals surface area contributed by atoms with E-state index in [1.807, 2.05) is 0 Å². The molecule has 3 aromatic carbocycles.